The van der Waals surface area contributed by atoms with Gasteiger partial charge in [0.2, 0.25) is 0 Å². The minimum atomic E-state index is -1.27. The smallest absolute Gasteiger partial charge is 0.309 e. The molecule has 0 bridgehead atoms. The summed E-state index contributed by atoms with van der Waals surface area (Å²) < 4.78 is 5.68. The number of hydrogen-bond acceptors (Lipinski definition) is 8. The maximum absolute atomic E-state index is 13.1. The van der Waals surface area contributed by atoms with Gasteiger partial charge in [0, 0.05) is 17.7 Å². The first-order valence-corrected chi connectivity index (χ1v) is 12.8. The molecule has 0 amide bonds. The van der Waals surface area contributed by atoms with Gasteiger partial charge in [-0.05, 0) is 43.8 Å². The standard InChI is InChI=1S/C26H39NO6S/c1-16-10-8-6-7-9-11-21(19(14-28)12-20-15-34-18(3)27-20)33-23(30)13-22(29)26(4,5)25(32)17(2)24(16)31/h7,9,12,15-17,21-22,24,28-29,31H,6,8,10-11,13-14H2,1-5H3/b9-7-,19-12+/t16-,17+,21-,22-,24-/m0/s1. The number of aromatic nitrogens is 1. The summed E-state index contributed by atoms with van der Waals surface area (Å²) in [5, 5.41) is 34.2. The van der Waals surface area contributed by atoms with Gasteiger partial charge in [0.05, 0.1) is 41.4 Å². The molecule has 1 aliphatic rings. The molecule has 34 heavy (non-hydrogen) atoms. The van der Waals surface area contributed by atoms with Crippen molar-refractivity contribution in [2.24, 2.45) is 17.3 Å². The number of rotatable bonds is 3. The summed E-state index contributed by atoms with van der Waals surface area (Å²) >= 11 is 1.49. The fraction of sp³-hybridized carbons (Fsp3) is 0.654. The number of carbonyl (C=O) groups is 2. The number of carbonyl (C=O) groups excluding carboxylic acids is 2. The van der Waals surface area contributed by atoms with Crippen molar-refractivity contribution in [1.82, 2.24) is 4.98 Å². The fourth-order valence-corrected chi connectivity index (χ4v) is 4.81. The largest absolute Gasteiger partial charge is 0.457 e. The molecule has 5 atom stereocenters. The number of hydrogen-bond donors (Lipinski definition) is 3. The van der Waals surface area contributed by atoms with Gasteiger partial charge in [-0.1, -0.05) is 39.8 Å². The van der Waals surface area contributed by atoms with Crippen molar-refractivity contribution in [3.8, 4) is 0 Å². The number of aryl methyl sites for hydroxylation is 1. The van der Waals surface area contributed by atoms with Gasteiger partial charge < -0.3 is 20.1 Å². The fourth-order valence-electron chi connectivity index (χ4n) is 4.24. The van der Waals surface area contributed by atoms with Crippen molar-refractivity contribution in [2.45, 2.75) is 85.0 Å². The Morgan fingerprint density at radius 3 is 2.59 bits per heavy atom. The normalized spacial score (nSPS) is 31.2. The summed E-state index contributed by atoms with van der Waals surface area (Å²) in [6.45, 7) is 8.37. The molecule has 0 spiro atoms. The number of ether oxygens (including phenoxy) is 1. The van der Waals surface area contributed by atoms with Crippen molar-refractivity contribution in [3.63, 3.8) is 0 Å². The second-order valence-electron chi connectivity index (χ2n) is 9.85. The van der Waals surface area contributed by atoms with E-state index in [9.17, 15) is 24.9 Å². The molecule has 7 nitrogen and oxygen atoms in total. The summed E-state index contributed by atoms with van der Waals surface area (Å²) in [5.41, 5.74) is -0.0361. The molecular formula is C26H39NO6S. The average Bonchev–Trinajstić information content (AvgIpc) is 3.20. The Balaban J connectivity index is 2.32. The molecule has 0 saturated heterocycles. The first kappa shape index (κ1) is 28.4. The number of aliphatic hydroxyl groups excluding tert-OH is 3. The molecule has 0 saturated carbocycles. The number of ketones is 1. The summed E-state index contributed by atoms with van der Waals surface area (Å²) in [6.07, 6.45) is 5.23. The molecule has 0 radical (unpaired) electrons. The Labute approximate surface area is 206 Å². The average molecular weight is 494 g/mol. The van der Waals surface area contributed by atoms with E-state index in [1.165, 1.54) is 11.3 Å². The lowest BCUT2D eigenvalue weighted by Gasteiger charge is -2.34. The molecule has 1 aromatic rings. The number of nitrogens with zero attached hydrogens (tertiary/aromatic N) is 1. The lowest BCUT2D eigenvalue weighted by Crippen LogP contribution is -2.45. The molecular weight excluding hydrogens is 454 g/mol. The van der Waals surface area contributed by atoms with Crippen LogP contribution in [0.3, 0.4) is 0 Å². The topological polar surface area (TPSA) is 117 Å². The maximum atomic E-state index is 13.1. The van der Waals surface area contributed by atoms with E-state index in [0.29, 0.717) is 17.7 Å². The van der Waals surface area contributed by atoms with Gasteiger partial charge in [-0.25, -0.2) is 4.98 Å². The third-order valence-corrected chi connectivity index (χ3v) is 7.52. The van der Waals surface area contributed by atoms with Crippen LogP contribution in [-0.4, -0.2) is 57.0 Å². The summed E-state index contributed by atoms with van der Waals surface area (Å²) in [7, 11) is 0. The number of thiazole rings is 1. The van der Waals surface area contributed by atoms with Crippen LogP contribution in [0.2, 0.25) is 0 Å². The summed E-state index contributed by atoms with van der Waals surface area (Å²) in [4.78, 5) is 30.3. The van der Waals surface area contributed by atoms with Gasteiger partial charge in [0.1, 0.15) is 11.9 Å². The predicted octanol–water partition coefficient (Wildman–Crippen LogP) is 3.85. The van der Waals surface area contributed by atoms with Gasteiger partial charge in [0.25, 0.3) is 0 Å². The number of allylic oxidation sites excluding steroid dienone is 1. The Bertz CT molecular complexity index is 890. The van der Waals surface area contributed by atoms with Gasteiger partial charge in [-0.3, -0.25) is 9.59 Å². The molecule has 0 fully saturated rings. The Morgan fingerprint density at radius 1 is 1.26 bits per heavy atom. The van der Waals surface area contributed by atoms with Crippen LogP contribution in [0, 0.1) is 24.2 Å². The number of cyclic esters (lactones) is 1. The molecule has 190 valence electrons. The van der Waals surface area contributed by atoms with E-state index < -0.39 is 35.6 Å². The minimum Gasteiger partial charge on any atom is -0.457 e. The van der Waals surface area contributed by atoms with Crippen LogP contribution in [0.25, 0.3) is 6.08 Å². The van der Waals surface area contributed by atoms with E-state index in [4.69, 9.17) is 4.74 Å². The minimum absolute atomic E-state index is 0.0728. The Kier molecular flexibility index (Phi) is 10.6. The molecule has 3 N–H and O–H groups in total. The Morgan fingerprint density at radius 2 is 1.97 bits per heavy atom. The molecule has 0 aliphatic carbocycles. The van der Waals surface area contributed by atoms with Crippen LogP contribution in [-0.2, 0) is 14.3 Å². The van der Waals surface area contributed by atoms with Crippen LogP contribution in [0.5, 0.6) is 0 Å². The molecule has 0 unspecified atom stereocenters. The monoisotopic (exact) mass is 493 g/mol. The molecule has 1 aliphatic heterocycles. The Hall–Kier alpha value is -1.87. The molecule has 0 aromatic carbocycles. The highest BCUT2D eigenvalue weighted by molar-refractivity contribution is 7.09. The molecule has 2 heterocycles. The first-order valence-electron chi connectivity index (χ1n) is 12.0. The molecule has 2 rings (SSSR count). The highest BCUT2D eigenvalue weighted by Gasteiger charge is 2.42. The van der Waals surface area contributed by atoms with Gasteiger partial charge in [0.15, 0.2) is 0 Å². The number of Topliss-reactive ketones (excluding diaryl/α,β-unsaturated/α-hetero) is 1. The highest BCUT2D eigenvalue weighted by Crippen LogP contribution is 2.32. The zero-order valence-corrected chi connectivity index (χ0v) is 21.7. The third kappa shape index (κ3) is 7.57. The van der Waals surface area contributed by atoms with E-state index in [-0.39, 0.29) is 24.7 Å². The van der Waals surface area contributed by atoms with Crippen molar-refractivity contribution >= 4 is 29.2 Å². The van der Waals surface area contributed by atoms with E-state index >= 15 is 0 Å². The van der Waals surface area contributed by atoms with Crippen molar-refractivity contribution < 1.29 is 29.6 Å². The third-order valence-electron chi connectivity index (χ3n) is 6.72. The highest BCUT2D eigenvalue weighted by atomic mass is 32.1. The zero-order chi connectivity index (χ0) is 25.5. The van der Waals surface area contributed by atoms with E-state index in [1.807, 2.05) is 31.4 Å². The van der Waals surface area contributed by atoms with Crippen LogP contribution in [0.15, 0.2) is 23.1 Å². The first-order chi connectivity index (χ1) is 16.0. The maximum Gasteiger partial charge on any atom is 0.309 e. The van der Waals surface area contributed by atoms with Crippen molar-refractivity contribution in [2.75, 3.05) is 6.61 Å². The second kappa shape index (κ2) is 12.7. The van der Waals surface area contributed by atoms with Gasteiger partial charge >= 0.3 is 5.97 Å². The predicted molar refractivity (Wildman–Crippen MR) is 133 cm³/mol. The van der Waals surface area contributed by atoms with Crippen LogP contribution >= 0.6 is 11.3 Å². The number of esters is 1. The van der Waals surface area contributed by atoms with Crippen LogP contribution < -0.4 is 0 Å². The second-order valence-corrected chi connectivity index (χ2v) is 10.9. The van der Waals surface area contributed by atoms with Crippen molar-refractivity contribution in [1.29, 1.82) is 0 Å². The van der Waals surface area contributed by atoms with Gasteiger partial charge in [-0.15, -0.1) is 11.3 Å². The lowest BCUT2D eigenvalue weighted by molar-refractivity contribution is -0.154. The van der Waals surface area contributed by atoms with E-state index in [0.717, 1.165) is 24.3 Å². The quantitative estimate of drug-likeness (QED) is 0.432. The summed E-state index contributed by atoms with van der Waals surface area (Å²) in [5.74, 6) is -1.69. The van der Waals surface area contributed by atoms with E-state index in [2.05, 4.69) is 4.98 Å². The zero-order valence-electron chi connectivity index (χ0n) is 20.9. The molecule has 1 aromatic heterocycles. The van der Waals surface area contributed by atoms with E-state index in [1.54, 1.807) is 26.8 Å². The molecule has 8 heteroatoms. The lowest BCUT2D eigenvalue weighted by atomic mass is 9.73. The van der Waals surface area contributed by atoms with Crippen molar-refractivity contribution in [3.05, 3.63) is 33.8 Å². The van der Waals surface area contributed by atoms with Crippen LogP contribution in [0.1, 0.15) is 70.5 Å². The SMILES string of the molecule is Cc1nc(/C=C(\CO)[C@@H]2C/C=C\CCC[C@H](C)[C@H](O)[C@@H](C)C(=O)C(C)(C)[C@@H](O)CC(=O)O2)cs1. The van der Waals surface area contributed by atoms with Gasteiger partial charge in [-0.2, -0.15) is 0 Å². The summed E-state index contributed by atoms with van der Waals surface area (Å²) in [6, 6.07) is 0. The van der Waals surface area contributed by atoms with Crippen LogP contribution in [0.4, 0.5) is 0 Å². The number of aliphatic hydroxyl groups is 3.